The highest BCUT2D eigenvalue weighted by Crippen LogP contribution is 1.98. The number of aldehydes is 1. The molecule has 1 aromatic carbocycles. The lowest BCUT2D eigenvalue weighted by molar-refractivity contribution is -0.105. The molecule has 3 heteroatoms. The van der Waals surface area contributed by atoms with Crippen LogP contribution in [-0.2, 0) is 11.3 Å². The van der Waals surface area contributed by atoms with Gasteiger partial charge in [-0.2, -0.15) is 0 Å². The molecule has 0 amide bonds. The van der Waals surface area contributed by atoms with Gasteiger partial charge in [0, 0.05) is 24.9 Å². The van der Waals surface area contributed by atoms with Crippen molar-refractivity contribution in [2.75, 3.05) is 20.6 Å². The van der Waals surface area contributed by atoms with Gasteiger partial charge in [0.15, 0.2) is 0 Å². The van der Waals surface area contributed by atoms with Crippen molar-refractivity contribution in [3.05, 3.63) is 47.7 Å². The van der Waals surface area contributed by atoms with Gasteiger partial charge in [-0.15, -0.1) is 0 Å². The zero-order chi connectivity index (χ0) is 11.8. The molecule has 0 spiro atoms. The first-order valence-corrected chi connectivity index (χ1v) is 5.28. The number of carbonyl (C=O) groups is 1. The summed E-state index contributed by atoms with van der Waals surface area (Å²) in [7, 11) is 3.88. The Kier molecular flexibility index (Phi) is 5.29. The number of likely N-dealkylation sites (N-methyl/N-ethyl adjacent to an activating group) is 1. The van der Waals surface area contributed by atoms with E-state index in [1.807, 2.05) is 49.3 Å². The van der Waals surface area contributed by atoms with Gasteiger partial charge in [-0.1, -0.05) is 30.3 Å². The van der Waals surface area contributed by atoms with Crippen molar-refractivity contribution in [1.29, 1.82) is 0 Å². The Morgan fingerprint density at radius 3 is 2.56 bits per heavy atom. The lowest BCUT2D eigenvalue weighted by Crippen LogP contribution is -2.18. The van der Waals surface area contributed by atoms with E-state index in [0.717, 1.165) is 18.4 Å². The van der Waals surface area contributed by atoms with Crippen LogP contribution in [0.15, 0.2) is 42.1 Å². The molecule has 0 heterocycles. The van der Waals surface area contributed by atoms with Crippen LogP contribution in [0.5, 0.6) is 0 Å². The average Bonchev–Trinajstić information content (AvgIpc) is 2.28. The number of carbonyl (C=O) groups excluding carboxylic acids is 1. The first kappa shape index (κ1) is 12.5. The zero-order valence-electron chi connectivity index (χ0n) is 9.81. The Morgan fingerprint density at radius 2 is 2.00 bits per heavy atom. The van der Waals surface area contributed by atoms with E-state index < -0.39 is 0 Å². The van der Waals surface area contributed by atoms with Crippen molar-refractivity contribution in [2.45, 2.75) is 6.54 Å². The molecule has 0 aromatic heterocycles. The normalized spacial score (nSPS) is 11.6. The Labute approximate surface area is 96.8 Å². The van der Waals surface area contributed by atoms with E-state index in [1.54, 1.807) is 6.20 Å². The van der Waals surface area contributed by atoms with Gasteiger partial charge >= 0.3 is 0 Å². The maximum Gasteiger partial charge on any atom is 0.148 e. The van der Waals surface area contributed by atoms with E-state index in [-0.39, 0.29) is 0 Å². The molecule has 0 aliphatic carbocycles. The number of hydrogen-bond acceptors (Lipinski definition) is 3. The number of rotatable bonds is 6. The smallest absolute Gasteiger partial charge is 0.148 e. The number of nitrogens with zero attached hydrogens (tertiary/aromatic N) is 1. The molecular formula is C13H18N2O. The summed E-state index contributed by atoms with van der Waals surface area (Å²) in [5.74, 6) is 0. The first-order valence-electron chi connectivity index (χ1n) is 5.28. The van der Waals surface area contributed by atoms with Gasteiger partial charge in [0.2, 0.25) is 0 Å². The second-order valence-corrected chi connectivity index (χ2v) is 3.94. The van der Waals surface area contributed by atoms with Crippen molar-refractivity contribution in [3.8, 4) is 0 Å². The predicted octanol–water partition coefficient (Wildman–Crippen LogP) is 1.42. The third-order valence-corrected chi connectivity index (χ3v) is 2.09. The SMILES string of the molecule is CN(C)C/C(C=O)=C/NCc1ccccc1. The van der Waals surface area contributed by atoms with Gasteiger partial charge in [-0.05, 0) is 19.7 Å². The fourth-order valence-electron chi connectivity index (χ4n) is 1.38. The number of benzene rings is 1. The van der Waals surface area contributed by atoms with E-state index in [0.29, 0.717) is 6.54 Å². The molecule has 0 fully saturated rings. The van der Waals surface area contributed by atoms with Gasteiger partial charge in [0.05, 0.1) is 0 Å². The summed E-state index contributed by atoms with van der Waals surface area (Å²) in [5.41, 5.74) is 1.95. The number of hydrogen-bond donors (Lipinski definition) is 1. The summed E-state index contributed by atoms with van der Waals surface area (Å²) < 4.78 is 0. The topological polar surface area (TPSA) is 32.3 Å². The lowest BCUT2D eigenvalue weighted by Gasteiger charge is -2.09. The van der Waals surface area contributed by atoms with Gasteiger partial charge in [-0.25, -0.2) is 0 Å². The molecule has 16 heavy (non-hydrogen) atoms. The summed E-state index contributed by atoms with van der Waals surface area (Å²) in [4.78, 5) is 12.7. The van der Waals surface area contributed by atoms with Crippen LogP contribution >= 0.6 is 0 Å². The van der Waals surface area contributed by atoms with Crippen molar-refractivity contribution in [2.24, 2.45) is 0 Å². The van der Waals surface area contributed by atoms with Gasteiger partial charge < -0.3 is 10.2 Å². The zero-order valence-corrected chi connectivity index (χ0v) is 9.81. The van der Waals surface area contributed by atoms with Crippen LogP contribution in [-0.4, -0.2) is 31.8 Å². The minimum Gasteiger partial charge on any atom is -0.386 e. The Morgan fingerprint density at radius 1 is 1.31 bits per heavy atom. The van der Waals surface area contributed by atoms with E-state index in [1.165, 1.54) is 5.56 Å². The molecule has 0 radical (unpaired) electrons. The Balaban J connectivity index is 2.43. The second-order valence-electron chi connectivity index (χ2n) is 3.94. The largest absolute Gasteiger partial charge is 0.386 e. The van der Waals surface area contributed by atoms with Gasteiger partial charge in [0.1, 0.15) is 6.29 Å². The molecule has 0 aliphatic heterocycles. The van der Waals surface area contributed by atoms with E-state index in [4.69, 9.17) is 0 Å². The first-order chi connectivity index (χ1) is 7.72. The summed E-state index contributed by atoms with van der Waals surface area (Å²) in [5, 5.41) is 3.14. The van der Waals surface area contributed by atoms with Gasteiger partial charge in [-0.3, -0.25) is 4.79 Å². The fourth-order valence-corrected chi connectivity index (χ4v) is 1.38. The Bertz CT molecular complexity index is 344. The molecule has 3 nitrogen and oxygen atoms in total. The molecule has 0 bridgehead atoms. The summed E-state index contributed by atoms with van der Waals surface area (Å²) in [6.45, 7) is 1.40. The minimum atomic E-state index is 0.658. The molecule has 0 saturated heterocycles. The monoisotopic (exact) mass is 218 g/mol. The van der Waals surface area contributed by atoms with Crippen LogP contribution < -0.4 is 5.32 Å². The van der Waals surface area contributed by atoms with E-state index >= 15 is 0 Å². The third kappa shape index (κ3) is 4.75. The number of nitrogens with one attached hydrogen (secondary N) is 1. The molecule has 0 aliphatic rings. The third-order valence-electron chi connectivity index (χ3n) is 2.09. The predicted molar refractivity (Wildman–Crippen MR) is 66.0 cm³/mol. The standard InChI is InChI=1S/C13H18N2O/c1-15(2)10-13(11-16)9-14-8-12-6-4-3-5-7-12/h3-7,9,11,14H,8,10H2,1-2H3/b13-9-. The summed E-state index contributed by atoms with van der Waals surface area (Å²) in [6, 6.07) is 10.1. The van der Waals surface area contributed by atoms with Crippen LogP contribution in [0, 0.1) is 0 Å². The molecule has 86 valence electrons. The molecule has 1 rings (SSSR count). The quantitative estimate of drug-likeness (QED) is 0.579. The maximum absolute atomic E-state index is 10.7. The maximum atomic E-state index is 10.7. The molecular weight excluding hydrogens is 200 g/mol. The van der Waals surface area contributed by atoms with Crippen LogP contribution in [0.3, 0.4) is 0 Å². The highest BCUT2D eigenvalue weighted by atomic mass is 16.1. The second kappa shape index (κ2) is 6.80. The molecule has 0 atom stereocenters. The highest BCUT2D eigenvalue weighted by molar-refractivity contribution is 5.73. The highest BCUT2D eigenvalue weighted by Gasteiger charge is 1.96. The lowest BCUT2D eigenvalue weighted by atomic mass is 10.2. The Hall–Kier alpha value is -1.61. The van der Waals surface area contributed by atoms with Crippen LogP contribution in [0.25, 0.3) is 0 Å². The molecule has 0 unspecified atom stereocenters. The summed E-state index contributed by atoms with van der Waals surface area (Å²) in [6.07, 6.45) is 2.66. The average molecular weight is 218 g/mol. The van der Waals surface area contributed by atoms with Crippen molar-refractivity contribution >= 4 is 6.29 Å². The molecule has 1 N–H and O–H groups in total. The molecule has 0 saturated carbocycles. The van der Waals surface area contributed by atoms with Gasteiger partial charge in [0.25, 0.3) is 0 Å². The van der Waals surface area contributed by atoms with E-state index in [2.05, 4.69) is 5.32 Å². The fraction of sp³-hybridized carbons (Fsp3) is 0.308. The van der Waals surface area contributed by atoms with Crippen LogP contribution in [0.4, 0.5) is 0 Å². The van der Waals surface area contributed by atoms with Crippen molar-refractivity contribution in [3.63, 3.8) is 0 Å². The van der Waals surface area contributed by atoms with Crippen LogP contribution in [0.2, 0.25) is 0 Å². The molecule has 1 aromatic rings. The van der Waals surface area contributed by atoms with Crippen molar-refractivity contribution in [1.82, 2.24) is 10.2 Å². The summed E-state index contributed by atoms with van der Waals surface area (Å²) >= 11 is 0. The minimum absolute atomic E-state index is 0.658. The van der Waals surface area contributed by atoms with E-state index in [9.17, 15) is 4.79 Å². The van der Waals surface area contributed by atoms with Crippen LogP contribution in [0.1, 0.15) is 5.56 Å². The van der Waals surface area contributed by atoms with Crippen molar-refractivity contribution < 1.29 is 4.79 Å².